The van der Waals surface area contributed by atoms with Crippen molar-refractivity contribution < 1.29 is 4.79 Å². The molecule has 7 nitrogen and oxygen atoms in total. The number of aromatic nitrogens is 4. The Kier molecular flexibility index (Phi) is 3.26. The first-order chi connectivity index (χ1) is 9.72. The van der Waals surface area contributed by atoms with Crippen molar-refractivity contribution in [3.63, 3.8) is 0 Å². The summed E-state index contributed by atoms with van der Waals surface area (Å²) in [6, 6.07) is 7.30. The first-order valence-corrected chi connectivity index (χ1v) is 6.30. The number of tetrazole rings is 1. The molecule has 1 aliphatic carbocycles. The summed E-state index contributed by atoms with van der Waals surface area (Å²) >= 11 is 0. The number of amides is 1. The largest absolute Gasteiger partial charge is 0.326 e. The van der Waals surface area contributed by atoms with Gasteiger partial charge in [0, 0.05) is 11.7 Å². The highest BCUT2D eigenvalue weighted by atomic mass is 16.1. The molecule has 1 heterocycles. The van der Waals surface area contributed by atoms with E-state index in [2.05, 4.69) is 20.8 Å². The molecule has 0 spiro atoms. The molecule has 0 saturated heterocycles. The Morgan fingerprint density at radius 2 is 2.30 bits per heavy atom. The van der Waals surface area contributed by atoms with Crippen molar-refractivity contribution in [2.75, 3.05) is 5.32 Å². The summed E-state index contributed by atoms with van der Waals surface area (Å²) in [5.41, 5.74) is 7.24. The molecule has 1 aromatic heterocycles. The molecule has 2 atom stereocenters. The average Bonchev–Trinajstić information content (AvgIpc) is 3.10. The average molecular weight is 270 g/mol. The molecule has 0 fully saturated rings. The lowest BCUT2D eigenvalue weighted by atomic mass is 10.1. The Balaban J connectivity index is 1.73. The van der Waals surface area contributed by atoms with Crippen LogP contribution in [0.4, 0.5) is 5.69 Å². The molecule has 1 amide bonds. The molecule has 0 bridgehead atoms. The first kappa shape index (κ1) is 12.5. The van der Waals surface area contributed by atoms with E-state index in [0.717, 1.165) is 5.69 Å². The fourth-order valence-electron chi connectivity index (χ4n) is 2.16. The van der Waals surface area contributed by atoms with Gasteiger partial charge in [-0.1, -0.05) is 18.2 Å². The highest BCUT2D eigenvalue weighted by Gasteiger charge is 2.22. The Morgan fingerprint density at radius 1 is 1.40 bits per heavy atom. The molecule has 1 aliphatic rings. The van der Waals surface area contributed by atoms with Crippen LogP contribution < -0.4 is 11.1 Å². The standard InChI is InChI=1S/C13H14N6O/c14-10-5-4-9(6-10)13(20)16-11-2-1-3-12(7-11)19-8-15-17-18-19/h1-5,7-10H,6,14H2,(H,16,20). The maximum atomic E-state index is 12.1. The number of nitrogens with two attached hydrogens (primary N) is 1. The molecule has 3 N–H and O–H groups in total. The molecule has 2 unspecified atom stereocenters. The van der Waals surface area contributed by atoms with Crippen LogP contribution in [-0.4, -0.2) is 32.2 Å². The highest BCUT2D eigenvalue weighted by molar-refractivity contribution is 5.94. The van der Waals surface area contributed by atoms with Crippen LogP contribution in [0.1, 0.15) is 6.42 Å². The van der Waals surface area contributed by atoms with Gasteiger partial charge in [-0.05, 0) is 35.0 Å². The number of nitrogens with one attached hydrogen (secondary N) is 1. The molecular formula is C13H14N6O. The zero-order chi connectivity index (χ0) is 13.9. The van der Waals surface area contributed by atoms with Gasteiger partial charge in [0.15, 0.2) is 0 Å². The fourth-order valence-corrected chi connectivity index (χ4v) is 2.16. The van der Waals surface area contributed by atoms with E-state index in [1.165, 1.54) is 11.0 Å². The molecule has 2 aromatic rings. The van der Waals surface area contributed by atoms with Crippen molar-refractivity contribution in [2.24, 2.45) is 11.7 Å². The van der Waals surface area contributed by atoms with Crippen molar-refractivity contribution in [3.05, 3.63) is 42.7 Å². The van der Waals surface area contributed by atoms with Gasteiger partial charge in [0.25, 0.3) is 0 Å². The van der Waals surface area contributed by atoms with E-state index in [9.17, 15) is 4.79 Å². The second-order valence-electron chi connectivity index (χ2n) is 4.68. The van der Waals surface area contributed by atoms with E-state index in [1.807, 2.05) is 36.4 Å². The SMILES string of the molecule is NC1C=CC(C(=O)Nc2cccc(-n3cnnn3)c2)C1. The highest BCUT2D eigenvalue weighted by Crippen LogP contribution is 2.20. The van der Waals surface area contributed by atoms with Crippen LogP contribution in [0.15, 0.2) is 42.7 Å². The Hall–Kier alpha value is -2.54. The van der Waals surface area contributed by atoms with E-state index < -0.39 is 0 Å². The van der Waals surface area contributed by atoms with Gasteiger partial charge in [-0.3, -0.25) is 4.79 Å². The third kappa shape index (κ3) is 2.57. The summed E-state index contributed by atoms with van der Waals surface area (Å²) in [4.78, 5) is 12.1. The van der Waals surface area contributed by atoms with Crippen molar-refractivity contribution in [2.45, 2.75) is 12.5 Å². The predicted molar refractivity (Wildman–Crippen MR) is 73.0 cm³/mol. The molecular weight excluding hydrogens is 256 g/mol. The zero-order valence-electron chi connectivity index (χ0n) is 10.7. The predicted octanol–water partition coefficient (Wildman–Crippen LogP) is 0.504. The smallest absolute Gasteiger partial charge is 0.231 e. The van der Waals surface area contributed by atoms with Gasteiger partial charge in [0.05, 0.1) is 11.6 Å². The van der Waals surface area contributed by atoms with Gasteiger partial charge < -0.3 is 11.1 Å². The Bertz CT molecular complexity index is 636. The number of carbonyl (C=O) groups excluding carboxylic acids is 1. The van der Waals surface area contributed by atoms with Crippen LogP contribution in [0.5, 0.6) is 0 Å². The number of rotatable bonds is 3. The van der Waals surface area contributed by atoms with E-state index in [0.29, 0.717) is 12.1 Å². The lowest BCUT2D eigenvalue weighted by molar-refractivity contribution is -0.118. The lowest BCUT2D eigenvalue weighted by Crippen LogP contribution is -2.24. The molecule has 0 saturated carbocycles. The minimum atomic E-state index is -0.165. The molecule has 102 valence electrons. The normalized spacial score (nSPS) is 21.1. The minimum Gasteiger partial charge on any atom is -0.326 e. The summed E-state index contributed by atoms with van der Waals surface area (Å²) in [5, 5.41) is 13.9. The summed E-state index contributed by atoms with van der Waals surface area (Å²) in [6.07, 6.45) is 5.87. The third-order valence-corrected chi connectivity index (χ3v) is 3.18. The number of nitrogens with zero attached hydrogens (tertiary/aromatic N) is 4. The number of carbonyl (C=O) groups is 1. The summed E-state index contributed by atoms with van der Waals surface area (Å²) in [6.45, 7) is 0. The van der Waals surface area contributed by atoms with Crippen molar-refractivity contribution >= 4 is 11.6 Å². The maximum absolute atomic E-state index is 12.1. The Morgan fingerprint density at radius 3 is 3.00 bits per heavy atom. The quantitative estimate of drug-likeness (QED) is 0.791. The monoisotopic (exact) mass is 270 g/mol. The molecule has 20 heavy (non-hydrogen) atoms. The fraction of sp³-hybridized carbons (Fsp3) is 0.231. The van der Waals surface area contributed by atoms with Crippen molar-refractivity contribution in [1.82, 2.24) is 20.2 Å². The van der Waals surface area contributed by atoms with Crippen molar-refractivity contribution in [3.8, 4) is 5.69 Å². The molecule has 0 radical (unpaired) electrons. The van der Waals surface area contributed by atoms with Gasteiger partial charge >= 0.3 is 0 Å². The van der Waals surface area contributed by atoms with Crippen LogP contribution in [0, 0.1) is 5.92 Å². The maximum Gasteiger partial charge on any atom is 0.231 e. The van der Waals surface area contributed by atoms with Crippen LogP contribution in [0.2, 0.25) is 0 Å². The van der Waals surface area contributed by atoms with Crippen LogP contribution in [0.25, 0.3) is 5.69 Å². The molecule has 0 aliphatic heterocycles. The van der Waals surface area contributed by atoms with Gasteiger partial charge in [-0.2, -0.15) is 0 Å². The van der Waals surface area contributed by atoms with E-state index in [-0.39, 0.29) is 17.9 Å². The second-order valence-corrected chi connectivity index (χ2v) is 4.68. The van der Waals surface area contributed by atoms with Crippen LogP contribution >= 0.6 is 0 Å². The van der Waals surface area contributed by atoms with Gasteiger partial charge in [-0.25, -0.2) is 4.68 Å². The minimum absolute atomic E-state index is 0.0293. The topological polar surface area (TPSA) is 98.7 Å². The van der Waals surface area contributed by atoms with E-state index in [4.69, 9.17) is 5.73 Å². The zero-order valence-corrected chi connectivity index (χ0v) is 10.7. The summed E-state index contributed by atoms with van der Waals surface area (Å²) in [5.74, 6) is -0.218. The van der Waals surface area contributed by atoms with Crippen LogP contribution in [-0.2, 0) is 4.79 Å². The van der Waals surface area contributed by atoms with E-state index >= 15 is 0 Å². The second kappa shape index (κ2) is 5.22. The number of benzene rings is 1. The number of anilines is 1. The number of hydrogen-bond acceptors (Lipinski definition) is 5. The molecule has 7 heteroatoms. The molecule has 1 aromatic carbocycles. The van der Waals surface area contributed by atoms with Gasteiger partial charge in [0.1, 0.15) is 6.33 Å². The lowest BCUT2D eigenvalue weighted by Gasteiger charge is -2.11. The van der Waals surface area contributed by atoms with E-state index in [1.54, 1.807) is 0 Å². The summed E-state index contributed by atoms with van der Waals surface area (Å²) < 4.78 is 1.53. The molecule has 3 rings (SSSR count). The van der Waals surface area contributed by atoms with Crippen LogP contribution in [0.3, 0.4) is 0 Å². The summed E-state index contributed by atoms with van der Waals surface area (Å²) in [7, 11) is 0. The number of hydrogen-bond donors (Lipinski definition) is 2. The first-order valence-electron chi connectivity index (χ1n) is 6.30. The third-order valence-electron chi connectivity index (χ3n) is 3.18. The van der Waals surface area contributed by atoms with Gasteiger partial charge in [0.2, 0.25) is 5.91 Å². The Labute approximate surface area is 115 Å². The van der Waals surface area contributed by atoms with Gasteiger partial charge in [-0.15, -0.1) is 5.10 Å². The van der Waals surface area contributed by atoms with Crippen molar-refractivity contribution in [1.29, 1.82) is 0 Å².